The Balaban J connectivity index is 1.03. The minimum Gasteiger partial charge on any atom is -0.493 e. The summed E-state index contributed by atoms with van der Waals surface area (Å²) in [6.07, 6.45) is 2.78. The molecule has 0 spiro atoms. The van der Waals surface area contributed by atoms with E-state index in [1.54, 1.807) is 0 Å². The lowest BCUT2D eigenvalue weighted by atomic mass is 9.78. The fourth-order valence-corrected chi connectivity index (χ4v) is 7.57. The van der Waals surface area contributed by atoms with Crippen molar-refractivity contribution in [3.63, 3.8) is 0 Å². The zero-order valence-electron chi connectivity index (χ0n) is 33.3. The second-order valence-corrected chi connectivity index (χ2v) is 16.3. The maximum absolute atomic E-state index is 6.10. The van der Waals surface area contributed by atoms with Gasteiger partial charge in [-0.2, -0.15) is 0 Å². The van der Waals surface area contributed by atoms with Crippen molar-refractivity contribution in [2.75, 3.05) is 18.1 Å². The van der Waals surface area contributed by atoms with E-state index in [9.17, 15) is 0 Å². The molecule has 0 atom stereocenters. The van der Waals surface area contributed by atoms with E-state index in [1.165, 1.54) is 38.6 Å². The Labute approximate surface area is 331 Å². The Bertz CT molecular complexity index is 2550. The molecule has 0 aliphatic rings. The number of ether oxygens (including phenoxy) is 2. The summed E-state index contributed by atoms with van der Waals surface area (Å²) in [6, 6.07) is 54.6. The molecule has 282 valence electrons. The quantitative estimate of drug-likeness (QED) is 0.127. The lowest BCUT2D eigenvalue weighted by Crippen LogP contribution is -2.18. The largest absolute Gasteiger partial charge is 0.493 e. The molecular weight excluding hydrogens is 687 g/mol. The van der Waals surface area contributed by atoms with Gasteiger partial charge in [-0.3, -0.25) is 0 Å². The first kappa shape index (κ1) is 36.8. The molecule has 0 radical (unpaired) electrons. The zero-order chi connectivity index (χ0) is 38.9. The maximum Gasteiger partial charge on any atom is 0.193 e. The number of nitrogens with one attached hydrogen (secondary N) is 1. The van der Waals surface area contributed by atoms with E-state index < -0.39 is 0 Å². The third kappa shape index (κ3) is 7.54. The molecule has 6 aromatic carbocycles. The number of hydrogen-bond acceptors (Lipinski definition) is 3. The maximum atomic E-state index is 6.10. The second kappa shape index (κ2) is 15.1. The van der Waals surface area contributed by atoms with Crippen molar-refractivity contribution in [1.29, 1.82) is 0 Å². The standard InChI is InChI=1S/C51H51N3O2/c1-50(2,3)38-18-23-42(24-19-38)54(43-25-27-44(28-26-43)55-32-11-33-56-49-14-10-31-53(49)6)41-21-15-36(16-22-41)37-17-29-45-46-30-20-40(35-48(46)52-47(45)34-37)51(4,5)39-12-8-7-9-13-39/h7-10,12-31,34-35,52H,11,32-33H2,1-6H3. The fraction of sp³-hybridized carbons (Fsp3) is 0.216. The van der Waals surface area contributed by atoms with Crippen LogP contribution in [0.4, 0.5) is 17.1 Å². The highest BCUT2D eigenvalue weighted by Gasteiger charge is 2.24. The molecular formula is C51H51N3O2. The molecule has 56 heavy (non-hydrogen) atoms. The molecule has 2 aromatic heterocycles. The SMILES string of the molecule is Cn1cccc1OCCCOc1ccc(N(c2ccc(-c3ccc4c(c3)[nH]c3cc(C(C)(C)c5ccccc5)ccc34)cc2)c2ccc(C(C)(C)C)cc2)cc1. The highest BCUT2D eigenvalue weighted by atomic mass is 16.5. The number of fused-ring (bicyclic) bond motifs is 3. The van der Waals surface area contributed by atoms with Crippen molar-refractivity contribution in [2.24, 2.45) is 7.05 Å². The molecule has 0 saturated heterocycles. The molecule has 0 saturated carbocycles. The Morgan fingerprint density at radius 2 is 1.11 bits per heavy atom. The van der Waals surface area contributed by atoms with Gasteiger partial charge in [0, 0.05) is 63.9 Å². The van der Waals surface area contributed by atoms with Gasteiger partial charge >= 0.3 is 0 Å². The van der Waals surface area contributed by atoms with Crippen LogP contribution >= 0.6 is 0 Å². The van der Waals surface area contributed by atoms with E-state index >= 15 is 0 Å². The van der Waals surface area contributed by atoms with Gasteiger partial charge < -0.3 is 23.9 Å². The van der Waals surface area contributed by atoms with Crippen LogP contribution in [0, 0.1) is 0 Å². The van der Waals surface area contributed by atoms with E-state index in [-0.39, 0.29) is 10.8 Å². The molecule has 8 aromatic rings. The lowest BCUT2D eigenvalue weighted by molar-refractivity contribution is 0.238. The summed E-state index contributed by atoms with van der Waals surface area (Å²) in [5.74, 6) is 1.71. The number of anilines is 3. The first-order valence-corrected chi connectivity index (χ1v) is 19.6. The Morgan fingerprint density at radius 1 is 0.536 bits per heavy atom. The minimum atomic E-state index is -0.101. The third-order valence-electron chi connectivity index (χ3n) is 11.1. The van der Waals surface area contributed by atoms with Crippen LogP contribution in [0.5, 0.6) is 11.6 Å². The molecule has 8 rings (SSSR count). The van der Waals surface area contributed by atoms with Crippen LogP contribution in [0.2, 0.25) is 0 Å². The Morgan fingerprint density at radius 3 is 1.75 bits per heavy atom. The van der Waals surface area contributed by atoms with Crippen LogP contribution < -0.4 is 14.4 Å². The van der Waals surface area contributed by atoms with Gasteiger partial charge in [-0.25, -0.2) is 0 Å². The van der Waals surface area contributed by atoms with Gasteiger partial charge in [0.05, 0.1) is 13.2 Å². The molecule has 0 aliphatic carbocycles. The molecule has 5 nitrogen and oxygen atoms in total. The van der Waals surface area contributed by atoms with Crippen LogP contribution in [0.15, 0.2) is 158 Å². The number of benzene rings is 6. The number of H-pyrrole nitrogens is 1. The number of aromatic amines is 1. The van der Waals surface area contributed by atoms with Crippen molar-refractivity contribution in [3.8, 4) is 22.8 Å². The van der Waals surface area contributed by atoms with Gasteiger partial charge in [-0.15, -0.1) is 0 Å². The highest BCUT2D eigenvalue weighted by molar-refractivity contribution is 6.08. The second-order valence-electron chi connectivity index (χ2n) is 16.3. The third-order valence-corrected chi connectivity index (χ3v) is 11.1. The summed E-state index contributed by atoms with van der Waals surface area (Å²) in [5.41, 5.74) is 11.8. The highest BCUT2D eigenvalue weighted by Crippen LogP contribution is 2.39. The summed E-state index contributed by atoms with van der Waals surface area (Å²) < 4.78 is 13.9. The van der Waals surface area contributed by atoms with Gasteiger partial charge in [-0.1, -0.05) is 113 Å². The van der Waals surface area contributed by atoms with Crippen molar-refractivity contribution in [2.45, 2.75) is 51.9 Å². The van der Waals surface area contributed by atoms with Crippen molar-refractivity contribution in [1.82, 2.24) is 9.55 Å². The molecule has 0 fully saturated rings. The number of hydrogen-bond donors (Lipinski definition) is 1. The van der Waals surface area contributed by atoms with E-state index in [0.29, 0.717) is 13.2 Å². The Kier molecular flexibility index (Phi) is 9.94. The normalized spacial score (nSPS) is 12.0. The van der Waals surface area contributed by atoms with Crippen molar-refractivity contribution < 1.29 is 9.47 Å². The molecule has 2 heterocycles. The molecule has 0 amide bonds. The predicted molar refractivity (Wildman–Crippen MR) is 234 cm³/mol. The van der Waals surface area contributed by atoms with Crippen LogP contribution in [0.25, 0.3) is 32.9 Å². The number of aryl methyl sites for hydroxylation is 1. The van der Waals surface area contributed by atoms with Gasteiger partial charge in [0.1, 0.15) is 5.75 Å². The monoisotopic (exact) mass is 737 g/mol. The van der Waals surface area contributed by atoms with Gasteiger partial charge in [0.2, 0.25) is 0 Å². The summed E-state index contributed by atoms with van der Waals surface area (Å²) in [6.45, 7) is 12.5. The number of nitrogens with zero attached hydrogens (tertiary/aromatic N) is 2. The topological polar surface area (TPSA) is 42.4 Å². The van der Waals surface area contributed by atoms with E-state index in [1.807, 2.05) is 29.9 Å². The van der Waals surface area contributed by atoms with Gasteiger partial charge in [0.25, 0.3) is 0 Å². The van der Waals surface area contributed by atoms with Crippen LogP contribution in [0.3, 0.4) is 0 Å². The van der Waals surface area contributed by atoms with E-state index in [4.69, 9.17) is 9.47 Å². The van der Waals surface area contributed by atoms with Crippen molar-refractivity contribution in [3.05, 3.63) is 175 Å². The number of rotatable bonds is 12. The molecule has 0 bridgehead atoms. The summed E-state index contributed by atoms with van der Waals surface area (Å²) >= 11 is 0. The van der Waals surface area contributed by atoms with Crippen LogP contribution in [-0.4, -0.2) is 22.8 Å². The van der Waals surface area contributed by atoms with Crippen LogP contribution in [0.1, 0.15) is 57.7 Å². The van der Waals surface area contributed by atoms with Crippen LogP contribution in [-0.2, 0) is 17.9 Å². The summed E-state index contributed by atoms with van der Waals surface area (Å²) in [5, 5.41) is 2.48. The van der Waals surface area contributed by atoms with E-state index in [0.717, 1.165) is 46.1 Å². The van der Waals surface area contributed by atoms with E-state index in [2.05, 4.69) is 184 Å². The predicted octanol–water partition coefficient (Wildman–Crippen LogP) is 13.3. The van der Waals surface area contributed by atoms with Crippen molar-refractivity contribution >= 4 is 38.9 Å². The molecule has 5 heteroatoms. The minimum absolute atomic E-state index is 0.0724. The number of aromatic nitrogens is 2. The Hall–Kier alpha value is -6.20. The van der Waals surface area contributed by atoms with Gasteiger partial charge in [-0.05, 0) is 106 Å². The molecule has 1 N–H and O–H groups in total. The zero-order valence-corrected chi connectivity index (χ0v) is 33.3. The van der Waals surface area contributed by atoms with Gasteiger partial charge in [0.15, 0.2) is 5.88 Å². The first-order valence-electron chi connectivity index (χ1n) is 19.6. The molecule has 0 aliphatic heterocycles. The molecule has 0 unspecified atom stereocenters. The smallest absolute Gasteiger partial charge is 0.193 e. The fourth-order valence-electron chi connectivity index (χ4n) is 7.57. The average Bonchev–Trinajstić information content (AvgIpc) is 3.80. The summed E-state index contributed by atoms with van der Waals surface area (Å²) in [7, 11) is 1.98. The first-order chi connectivity index (χ1) is 27.0. The lowest BCUT2D eigenvalue weighted by Gasteiger charge is -2.27. The summed E-state index contributed by atoms with van der Waals surface area (Å²) in [4.78, 5) is 6.05. The average molecular weight is 738 g/mol.